The molecule has 0 radical (unpaired) electrons. The van der Waals surface area contributed by atoms with Gasteiger partial charge >= 0.3 is 0 Å². The van der Waals surface area contributed by atoms with Crippen LogP contribution < -0.4 is 10.6 Å². The number of benzene rings is 2. The van der Waals surface area contributed by atoms with E-state index in [0.29, 0.717) is 49.4 Å². The Morgan fingerprint density at radius 2 is 1.94 bits per heavy atom. The predicted molar refractivity (Wildman–Crippen MR) is 127 cm³/mol. The fraction of sp³-hybridized carbons (Fsp3) is 0.462. The number of rotatable bonds is 2. The van der Waals surface area contributed by atoms with Crippen LogP contribution in [0.25, 0.3) is 0 Å². The number of hydrogen-bond acceptors (Lipinski definition) is 5. The van der Waals surface area contributed by atoms with E-state index in [9.17, 15) is 14.7 Å². The molecule has 33 heavy (non-hydrogen) atoms. The number of nitrogens with one attached hydrogen (secondary N) is 2. The van der Waals surface area contributed by atoms with Crippen molar-refractivity contribution in [3.8, 4) is 0 Å². The van der Waals surface area contributed by atoms with Crippen molar-refractivity contribution in [2.24, 2.45) is 0 Å². The summed E-state index contributed by atoms with van der Waals surface area (Å²) in [5.74, 6) is -0.120. The zero-order valence-electron chi connectivity index (χ0n) is 19.3. The third-order valence-corrected chi connectivity index (χ3v) is 7.45. The third kappa shape index (κ3) is 3.89. The molecule has 0 bridgehead atoms. The van der Waals surface area contributed by atoms with Gasteiger partial charge < -0.3 is 25.5 Å². The van der Waals surface area contributed by atoms with Crippen molar-refractivity contribution in [3.63, 3.8) is 0 Å². The van der Waals surface area contributed by atoms with Gasteiger partial charge in [0, 0.05) is 50.0 Å². The Morgan fingerprint density at radius 3 is 2.70 bits per heavy atom. The number of nitrogens with zero attached hydrogens (tertiary/aromatic N) is 2. The number of anilines is 1. The van der Waals surface area contributed by atoms with E-state index in [2.05, 4.69) is 22.8 Å². The van der Waals surface area contributed by atoms with E-state index in [1.54, 1.807) is 23.1 Å². The van der Waals surface area contributed by atoms with Gasteiger partial charge in [0.1, 0.15) is 0 Å². The summed E-state index contributed by atoms with van der Waals surface area (Å²) >= 11 is 0. The lowest BCUT2D eigenvalue weighted by atomic mass is 9.76. The molecule has 2 amide bonds. The quantitative estimate of drug-likeness (QED) is 0.656. The van der Waals surface area contributed by atoms with Gasteiger partial charge in [-0.05, 0) is 56.0 Å². The van der Waals surface area contributed by atoms with E-state index < -0.39 is 11.6 Å². The number of carbonyl (C=O) groups is 2. The van der Waals surface area contributed by atoms with Crippen molar-refractivity contribution in [2.45, 2.75) is 50.9 Å². The second-order valence-corrected chi connectivity index (χ2v) is 9.75. The number of β-amino-alcohol motifs (C(OH)–C–C–N with tert-alkyl or cyclic N) is 1. The van der Waals surface area contributed by atoms with Crippen molar-refractivity contribution < 1.29 is 14.7 Å². The standard InChI is InChI=1S/C26H32N4O3/c1-17(2)30-12-10-27-22-13-18(7-8-21(22)25(30)33)24(32)29-11-9-26(23(31)16-29)14-19-5-3-4-6-20(19)15-28-26/h3-8,13,17,23,27-28,31H,9-12,14-16H2,1-2H3/t23-,26+/m1/s1. The normalized spacial score (nSPS) is 24.8. The van der Waals surface area contributed by atoms with Gasteiger partial charge in [0.25, 0.3) is 11.8 Å². The van der Waals surface area contributed by atoms with E-state index in [-0.39, 0.29) is 17.9 Å². The second-order valence-electron chi connectivity index (χ2n) is 9.75. The lowest BCUT2D eigenvalue weighted by molar-refractivity contribution is -0.0138. The molecular weight excluding hydrogens is 416 g/mol. The van der Waals surface area contributed by atoms with Crippen molar-refractivity contribution in [1.29, 1.82) is 0 Å². The van der Waals surface area contributed by atoms with E-state index in [4.69, 9.17) is 0 Å². The number of aliphatic hydroxyl groups excluding tert-OH is 1. The van der Waals surface area contributed by atoms with Gasteiger partial charge in [-0.25, -0.2) is 0 Å². The van der Waals surface area contributed by atoms with Crippen LogP contribution in [0.1, 0.15) is 52.1 Å². The monoisotopic (exact) mass is 448 g/mol. The lowest BCUT2D eigenvalue weighted by Crippen LogP contribution is -2.65. The van der Waals surface area contributed by atoms with Crippen molar-refractivity contribution in [1.82, 2.24) is 15.1 Å². The van der Waals surface area contributed by atoms with Crippen LogP contribution in [-0.2, 0) is 13.0 Å². The average molecular weight is 449 g/mol. The van der Waals surface area contributed by atoms with Gasteiger partial charge in [0.2, 0.25) is 0 Å². The smallest absolute Gasteiger partial charge is 0.256 e. The predicted octanol–water partition coefficient (Wildman–Crippen LogP) is 2.25. The molecule has 0 aromatic heterocycles. The van der Waals surface area contributed by atoms with Crippen LogP contribution in [0.2, 0.25) is 0 Å². The molecule has 0 aliphatic carbocycles. The minimum atomic E-state index is -0.649. The lowest BCUT2D eigenvalue weighted by Gasteiger charge is -2.48. The first-order valence-electron chi connectivity index (χ1n) is 11.9. The van der Waals surface area contributed by atoms with Crippen molar-refractivity contribution >= 4 is 17.5 Å². The van der Waals surface area contributed by atoms with E-state index >= 15 is 0 Å². The molecule has 7 heteroatoms. The highest BCUT2D eigenvalue weighted by molar-refractivity contribution is 6.03. The molecule has 3 heterocycles. The Balaban J connectivity index is 1.32. The molecular formula is C26H32N4O3. The minimum Gasteiger partial charge on any atom is -0.389 e. The first-order chi connectivity index (χ1) is 15.9. The molecule has 5 rings (SSSR count). The Bertz CT molecular complexity index is 1080. The molecule has 1 spiro atoms. The summed E-state index contributed by atoms with van der Waals surface area (Å²) in [6.07, 6.45) is 0.812. The van der Waals surface area contributed by atoms with Gasteiger partial charge in [0.05, 0.1) is 17.2 Å². The SMILES string of the molecule is CC(C)N1CCNc2cc(C(=O)N3CC[C@]4(Cc5ccccc5CN4)[C@H](O)C3)ccc2C1=O. The number of likely N-dealkylation sites (tertiary alicyclic amines) is 1. The molecule has 3 N–H and O–H groups in total. The van der Waals surface area contributed by atoms with Crippen LogP contribution in [0, 0.1) is 0 Å². The molecule has 2 aromatic carbocycles. The minimum absolute atomic E-state index is 0.0111. The summed E-state index contributed by atoms with van der Waals surface area (Å²) in [4.78, 5) is 29.8. The zero-order valence-corrected chi connectivity index (χ0v) is 19.3. The van der Waals surface area contributed by atoms with Crippen LogP contribution in [0.15, 0.2) is 42.5 Å². The Hall–Kier alpha value is -2.90. The largest absolute Gasteiger partial charge is 0.389 e. The maximum Gasteiger partial charge on any atom is 0.256 e. The van der Waals surface area contributed by atoms with Crippen LogP contribution in [0.4, 0.5) is 5.69 Å². The molecule has 0 unspecified atom stereocenters. The van der Waals surface area contributed by atoms with Crippen LogP contribution in [0.3, 0.4) is 0 Å². The van der Waals surface area contributed by atoms with Crippen molar-refractivity contribution in [3.05, 3.63) is 64.7 Å². The molecule has 3 aliphatic rings. The molecule has 0 saturated carbocycles. The number of hydrogen-bond donors (Lipinski definition) is 3. The Kier molecular flexibility index (Phi) is 5.62. The van der Waals surface area contributed by atoms with Gasteiger partial charge in [-0.2, -0.15) is 0 Å². The highest BCUT2D eigenvalue weighted by atomic mass is 16.3. The van der Waals surface area contributed by atoms with Crippen LogP contribution in [0.5, 0.6) is 0 Å². The van der Waals surface area contributed by atoms with Gasteiger partial charge in [-0.3, -0.25) is 9.59 Å². The fourth-order valence-electron chi connectivity index (χ4n) is 5.40. The fourth-order valence-corrected chi connectivity index (χ4v) is 5.40. The number of piperidine rings is 1. The number of carbonyl (C=O) groups excluding carboxylic acids is 2. The van der Waals surface area contributed by atoms with Crippen LogP contribution >= 0.6 is 0 Å². The average Bonchev–Trinajstić information content (AvgIpc) is 2.99. The Labute approximate surface area is 194 Å². The summed E-state index contributed by atoms with van der Waals surface area (Å²) in [5, 5.41) is 18.0. The Morgan fingerprint density at radius 1 is 1.15 bits per heavy atom. The van der Waals surface area contributed by atoms with Gasteiger partial charge in [-0.1, -0.05) is 24.3 Å². The topological polar surface area (TPSA) is 84.9 Å². The molecule has 1 fully saturated rings. The molecule has 3 aliphatic heterocycles. The maximum atomic E-state index is 13.3. The molecule has 7 nitrogen and oxygen atoms in total. The summed E-state index contributed by atoms with van der Waals surface area (Å²) in [6, 6.07) is 13.7. The molecule has 174 valence electrons. The first kappa shape index (κ1) is 21.9. The third-order valence-electron chi connectivity index (χ3n) is 7.45. The highest BCUT2D eigenvalue weighted by Crippen LogP contribution is 2.33. The summed E-state index contributed by atoms with van der Waals surface area (Å²) in [7, 11) is 0. The summed E-state index contributed by atoms with van der Waals surface area (Å²) in [5.41, 5.74) is 3.99. The summed E-state index contributed by atoms with van der Waals surface area (Å²) in [6.45, 7) is 6.90. The summed E-state index contributed by atoms with van der Waals surface area (Å²) < 4.78 is 0. The first-order valence-corrected chi connectivity index (χ1v) is 11.9. The number of fused-ring (bicyclic) bond motifs is 2. The van der Waals surface area contributed by atoms with Gasteiger partial charge in [0.15, 0.2) is 0 Å². The second kappa shape index (κ2) is 8.47. The van der Waals surface area contributed by atoms with Crippen LogP contribution in [-0.4, -0.2) is 70.6 Å². The van der Waals surface area contributed by atoms with E-state index in [0.717, 1.165) is 13.0 Å². The van der Waals surface area contributed by atoms with E-state index in [1.807, 2.05) is 30.9 Å². The zero-order chi connectivity index (χ0) is 23.2. The highest BCUT2D eigenvalue weighted by Gasteiger charge is 2.45. The molecule has 2 atom stereocenters. The molecule has 1 saturated heterocycles. The number of amides is 2. The molecule has 2 aromatic rings. The van der Waals surface area contributed by atoms with Crippen molar-refractivity contribution in [2.75, 3.05) is 31.5 Å². The van der Waals surface area contributed by atoms with Gasteiger partial charge in [-0.15, -0.1) is 0 Å². The van der Waals surface area contributed by atoms with E-state index in [1.165, 1.54) is 11.1 Å². The number of aliphatic hydroxyl groups is 1. The maximum absolute atomic E-state index is 13.3.